The molecule has 0 bridgehead atoms. The second-order valence-corrected chi connectivity index (χ2v) is 8.00. The van der Waals surface area contributed by atoms with Crippen molar-refractivity contribution in [3.63, 3.8) is 0 Å². The molecule has 1 fully saturated rings. The molecule has 4 rings (SSSR count). The molecule has 0 radical (unpaired) electrons. The summed E-state index contributed by atoms with van der Waals surface area (Å²) in [4.78, 5) is 26.6. The third-order valence-electron chi connectivity index (χ3n) is 5.64. The van der Waals surface area contributed by atoms with Gasteiger partial charge in [-0.05, 0) is 37.0 Å². The summed E-state index contributed by atoms with van der Waals surface area (Å²) in [5.74, 6) is 1.41. The van der Waals surface area contributed by atoms with Crippen LogP contribution in [0, 0.1) is 0 Å². The van der Waals surface area contributed by atoms with E-state index >= 15 is 0 Å². The molecule has 3 aromatic rings. The van der Waals surface area contributed by atoms with Gasteiger partial charge in [0.2, 0.25) is 5.95 Å². The maximum atomic E-state index is 13.3. The van der Waals surface area contributed by atoms with Gasteiger partial charge in [-0.2, -0.15) is 5.10 Å². The van der Waals surface area contributed by atoms with Crippen LogP contribution >= 0.6 is 0 Å². The third-order valence-corrected chi connectivity index (χ3v) is 5.64. The lowest BCUT2D eigenvalue weighted by atomic mass is 9.93. The van der Waals surface area contributed by atoms with E-state index in [0.29, 0.717) is 18.1 Å². The van der Waals surface area contributed by atoms with Crippen LogP contribution in [0.5, 0.6) is 5.75 Å². The molecule has 8 heteroatoms. The summed E-state index contributed by atoms with van der Waals surface area (Å²) in [6, 6.07) is 7.75. The van der Waals surface area contributed by atoms with Crippen molar-refractivity contribution in [1.29, 1.82) is 0 Å². The molecule has 1 atom stereocenters. The maximum absolute atomic E-state index is 13.3. The van der Waals surface area contributed by atoms with Gasteiger partial charge in [0.1, 0.15) is 5.75 Å². The predicted octanol–water partition coefficient (Wildman–Crippen LogP) is 3.32. The van der Waals surface area contributed by atoms with E-state index in [4.69, 9.17) is 9.72 Å². The van der Waals surface area contributed by atoms with Crippen molar-refractivity contribution >= 4 is 11.9 Å². The molecule has 0 N–H and O–H groups in total. The number of likely N-dealkylation sites (tertiary alicyclic amines) is 1. The summed E-state index contributed by atoms with van der Waals surface area (Å²) in [5.41, 5.74) is 3.41. The number of carbonyl (C=O) groups is 1. The minimum atomic E-state index is -0.125. The second-order valence-electron chi connectivity index (χ2n) is 8.00. The van der Waals surface area contributed by atoms with Gasteiger partial charge in [0, 0.05) is 45.6 Å². The number of hydrogen-bond donors (Lipinski definition) is 0. The van der Waals surface area contributed by atoms with Gasteiger partial charge in [0.05, 0.1) is 30.6 Å². The average Bonchev–Trinajstić information content (AvgIpc) is 3.24. The Morgan fingerprint density at radius 1 is 1.16 bits per heavy atom. The van der Waals surface area contributed by atoms with Crippen molar-refractivity contribution < 1.29 is 9.53 Å². The smallest absolute Gasteiger partial charge is 0.257 e. The van der Waals surface area contributed by atoms with Crippen molar-refractivity contribution in [2.45, 2.75) is 25.3 Å². The van der Waals surface area contributed by atoms with E-state index in [-0.39, 0.29) is 11.9 Å². The van der Waals surface area contributed by atoms with Crippen molar-refractivity contribution in [2.75, 3.05) is 32.6 Å². The van der Waals surface area contributed by atoms with Crippen LogP contribution in [0.25, 0.3) is 11.1 Å². The van der Waals surface area contributed by atoms with E-state index in [1.165, 1.54) is 0 Å². The first-order valence-corrected chi connectivity index (χ1v) is 10.5. The highest BCUT2D eigenvalue weighted by molar-refractivity contribution is 5.94. The Bertz CT molecular complexity index is 1060. The first kappa shape index (κ1) is 20.8. The summed E-state index contributed by atoms with van der Waals surface area (Å²) in [6.45, 7) is 0.696. The number of methoxy groups -OCH3 is 1. The normalized spacial score (nSPS) is 16.3. The molecule has 31 heavy (non-hydrogen) atoms. The molecule has 1 amide bonds. The lowest BCUT2D eigenvalue weighted by molar-refractivity contribution is 0.0606. The molecule has 0 spiro atoms. The Morgan fingerprint density at radius 2 is 1.94 bits per heavy atom. The Kier molecular flexibility index (Phi) is 5.88. The molecule has 0 saturated carbocycles. The van der Waals surface area contributed by atoms with Gasteiger partial charge in [-0.15, -0.1) is 0 Å². The molecule has 1 aliphatic heterocycles. The highest BCUT2D eigenvalue weighted by Crippen LogP contribution is 2.37. The molecule has 1 unspecified atom stereocenters. The molecular formula is C23H28N6O2. The number of anilines is 1. The lowest BCUT2D eigenvalue weighted by Crippen LogP contribution is -2.39. The number of rotatable bonds is 5. The summed E-state index contributed by atoms with van der Waals surface area (Å²) in [5, 5.41) is 4.17. The SMILES string of the molecule is COc1ccc(-c2cnc(N(C)C)nc2C2CCCCN2C(=O)c2cnn(C)c2)cc1. The molecule has 3 heterocycles. The quantitative estimate of drug-likeness (QED) is 0.630. The van der Waals surface area contributed by atoms with Crippen molar-refractivity contribution in [3.05, 3.63) is 54.1 Å². The van der Waals surface area contributed by atoms with Gasteiger partial charge in [-0.25, -0.2) is 9.97 Å². The zero-order chi connectivity index (χ0) is 22.0. The molecule has 1 saturated heterocycles. The maximum Gasteiger partial charge on any atom is 0.257 e. The van der Waals surface area contributed by atoms with Gasteiger partial charge < -0.3 is 14.5 Å². The second kappa shape index (κ2) is 8.75. The number of hydrogen-bond acceptors (Lipinski definition) is 6. The monoisotopic (exact) mass is 420 g/mol. The number of aromatic nitrogens is 4. The fourth-order valence-electron chi connectivity index (χ4n) is 4.00. The van der Waals surface area contributed by atoms with E-state index in [2.05, 4.69) is 10.1 Å². The fraction of sp³-hybridized carbons (Fsp3) is 0.391. The van der Waals surface area contributed by atoms with E-state index in [1.54, 1.807) is 24.2 Å². The molecule has 162 valence electrons. The molecule has 8 nitrogen and oxygen atoms in total. The number of amides is 1. The summed E-state index contributed by atoms with van der Waals surface area (Å²) in [6.07, 6.45) is 8.14. The number of carbonyl (C=O) groups excluding carboxylic acids is 1. The van der Waals surface area contributed by atoms with Gasteiger partial charge in [0.25, 0.3) is 5.91 Å². The van der Waals surface area contributed by atoms with Crippen LogP contribution in [0.15, 0.2) is 42.9 Å². The highest BCUT2D eigenvalue weighted by Gasteiger charge is 2.32. The van der Waals surface area contributed by atoms with Crippen molar-refractivity contribution in [1.82, 2.24) is 24.6 Å². The Balaban J connectivity index is 1.78. The minimum absolute atomic E-state index is 0.0107. The summed E-state index contributed by atoms with van der Waals surface area (Å²) >= 11 is 0. The van der Waals surface area contributed by atoms with E-state index < -0.39 is 0 Å². The summed E-state index contributed by atoms with van der Waals surface area (Å²) < 4.78 is 6.96. The first-order valence-electron chi connectivity index (χ1n) is 10.5. The van der Waals surface area contributed by atoms with Gasteiger partial charge in [0.15, 0.2) is 0 Å². The molecular weight excluding hydrogens is 392 g/mol. The zero-order valence-electron chi connectivity index (χ0n) is 18.4. The third kappa shape index (κ3) is 4.23. The standard InChI is InChI=1S/C23H28N6O2/c1-27(2)23-24-14-19(16-8-10-18(31-4)11-9-16)21(26-23)20-7-5-6-12-29(20)22(30)17-13-25-28(3)15-17/h8-11,13-15,20H,5-7,12H2,1-4H3. The number of benzene rings is 1. The Labute approximate surface area is 182 Å². The van der Waals surface area contributed by atoms with Gasteiger partial charge >= 0.3 is 0 Å². The van der Waals surface area contributed by atoms with E-state index in [9.17, 15) is 4.79 Å². The highest BCUT2D eigenvalue weighted by atomic mass is 16.5. The number of ether oxygens (including phenoxy) is 1. The topological polar surface area (TPSA) is 76.4 Å². The summed E-state index contributed by atoms with van der Waals surface area (Å²) in [7, 11) is 7.32. The Hall–Kier alpha value is -3.42. The number of aryl methyl sites for hydroxylation is 1. The molecule has 2 aromatic heterocycles. The van der Waals surface area contributed by atoms with Crippen LogP contribution < -0.4 is 9.64 Å². The van der Waals surface area contributed by atoms with Crippen LogP contribution in [0.1, 0.15) is 41.4 Å². The first-order chi connectivity index (χ1) is 15.0. The van der Waals surface area contributed by atoms with E-state index in [1.807, 2.05) is 61.4 Å². The predicted molar refractivity (Wildman–Crippen MR) is 119 cm³/mol. The number of nitrogens with zero attached hydrogens (tertiary/aromatic N) is 6. The number of piperidine rings is 1. The largest absolute Gasteiger partial charge is 0.497 e. The van der Waals surface area contributed by atoms with Crippen LogP contribution in [-0.4, -0.2) is 58.3 Å². The van der Waals surface area contributed by atoms with Crippen molar-refractivity contribution in [3.8, 4) is 16.9 Å². The fourth-order valence-corrected chi connectivity index (χ4v) is 4.00. The molecule has 1 aromatic carbocycles. The van der Waals surface area contributed by atoms with Crippen LogP contribution in [0.4, 0.5) is 5.95 Å². The average molecular weight is 421 g/mol. The van der Waals surface area contributed by atoms with Gasteiger partial charge in [-0.3, -0.25) is 9.48 Å². The van der Waals surface area contributed by atoms with Crippen LogP contribution in [0.2, 0.25) is 0 Å². The minimum Gasteiger partial charge on any atom is -0.497 e. The van der Waals surface area contributed by atoms with Crippen LogP contribution in [-0.2, 0) is 7.05 Å². The van der Waals surface area contributed by atoms with E-state index in [0.717, 1.165) is 41.8 Å². The van der Waals surface area contributed by atoms with Gasteiger partial charge in [-0.1, -0.05) is 12.1 Å². The molecule has 1 aliphatic rings. The Morgan fingerprint density at radius 3 is 2.58 bits per heavy atom. The zero-order valence-corrected chi connectivity index (χ0v) is 18.4. The lowest BCUT2D eigenvalue weighted by Gasteiger charge is -2.36. The van der Waals surface area contributed by atoms with Crippen LogP contribution in [0.3, 0.4) is 0 Å². The molecule has 0 aliphatic carbocycles. The van der Waals surface area contributed by atoms with Crippen molar-refractivity contribution in [2.24, 2.45) is 7.05 Å².